The Morgan fingerprint density at radius 1 is 1.25 bits per heavy atom. The highest BCUT2D eigenvalue weighted by Gasteiger charge is 2.02. The molecule has 16 heavy (non-hydrogen) atoms. The number of hydrogen-bond acceptors (Lipinski definition) is 4. The summed E-state index contributed by atoms with van der Waals surface area (Å²) in [6, 6.07) is 11.6. The monoisotopic (exact) mass is 232 g/mol. The minimum Gasteiger partial charge on any atom is -0.485 e. The Bertz CT molecular complexity index is 474. The SMILES string of the molecule is Nc1ncc(S)cc1OCc1ccccc1. The molecule has 0 unspecified atom stereocenters. The molecule has 82 valence electrons. The van der Waals surface area contributed by atoms with Crippen molar-refractivity contribution in [2.45, 2.75) is 11.5 Å². The van der Waals surface area contributed by atoms with Crippen LogP contribution in [-0.2, 0) is 6.61 Å². The molecule has 0 radical (unpaired) electrons. The van der Waals surface area contributed by atoms with Crippen molar-refractivity contribution in [3.63, 3.8) is 0 Å². The van der Waals surface area contributed by atoms with E-state index < -0.39 is 0 Å². The van der Waals surface area contributed by atoms with Crippen LogP contribution in [0.15, 0.2) is 47.5 Å². The third kappa shape index (κ3) is 2.67. The summed E-state index contributed by atoms with van der Waals surface area (Å²) in [5.41, 5.74) is 6.77. The van der Waals surface area contributed by atoms with E-state index in [0.717, 1.165) is 10.5 Å². The van der Waals surface area contributed by atoms with Gasteiger partial charge in [0.25, 0.3) is 0 Å². The van der Waals surface area contributed by atoms with Gasteiger partial charge in [-0.2, -0.15) is 0 Å². The smallest absolute Gasteiger partial charge is 0.166 e. The second-order valence-electron chi connectivity index (χ2n) is 3.35. The summed E-state index contributed by atoms with van der Waals surface area (Å²) in [6.07, 6.45) is 1.59. The van der Waals surface area contributed by atoms with Crippen molar-refractivity contribution in [3.05, 3.63) is 48.2 Å². The summed E-state index contributed by atoms with van der Waals surface area (Å²) in [4.78, 5) is 4.70. The summed E-state index contributed by atoms with van der Waals surface area (Å²) in [5.74, 6) is 0.949. The third-order valence-electron chi connectivity index (χ3n) is 2.10. The van der Waals surface area contributed by atoms with E-state index in [1.54, 1.807) is 12.3 Å². The Morgan fingerprint density at radius 3 is 2.75 bits per heavy atom. The van der Waals surface area contributed by atoms with Crippen molar-refractivity contribution >= 4 is 18.4 Å². The number of nitrogens with zero attached hydrogens (tertiary/aromatic N) is 1. The molecule has 0 amide bonds. The van der Waals surface area contributed by atoms with E-state index in [4.69, 9.17) is 10.5 Å². The molecule has 1 heterocycles. The van der Waals surface area contributed by atoms with E-state index in [2.05, 4.69) is 17.6 Å². The Hall–Kier alpha value is -1.68. The van der Waals surface area contributed by atoms with Gasteiger partial charge in [-0.25, -0.2) is 4.98 Å². The number of nitrogen functional groups attached to an aromatic ring is 1. The summed E-state index contributed by atoms with van der Waals surface area (Å²) >= 11 is 4.18. The number of thiol groups is 1. The summed E-state index contributed by atoms with van der Waals surface area (Å²) in [6.45, 7) is 0.476. The van der Waals surface area contributed by atoms with Gasteiger partial charge in [-0.1, -0.05) is 30.3 Å². The zero-order chi connectivity index (χ0) is 11.4. The van der Waals surface area contributed by atoms with Crippen molar-refractivity contribution in [1.29, 1.82) is 0 Å². The van der Waals surface area contributed by atoms with Crippen LogP contribution in [0.5, 0.6) is 5.75 Å². The van der Waals surface area contributed by atoms with Crippen LogP contribution in [0.4, 0.5) is 5.82 Å². The largest absolute Gasteiger partial charge is 0.485 e. The van der Waals surface area contributed by atoms with Crippen LogP contribution in [0.2, 0.25) is 0 Å². The zero-order valence-electron chi connectivity index (χ0n) is 8.63. The van der Waals surface area contributed by atoms with Crippen molar-refractivity contribution in [3.8, 4) is 5.75 Å². The fraction of sp³-hybridized carbons (Fsp3) is 0.0833. The minimum absolute atomic E-state index is 0.383. The fourth-order valence-corrected chi connectivity index (χ4v) is 1.47. The van der Waals surface area contributed by atoms with Gasteiger partial charge in [0, 0.05) is 11.1 Å². The van der Waals surface area contributed by atoms with Gasteiger partial charge in [-0.05, 0) is 11.6 Å². The van der Waals surface area contributed by atoms with E-state index >= 15 is 0 Å². The lowest BCUT2D eigenvalue weighted by Gasteiger charge is -2.08. The molecule has 0 aliphatic rings. The minimum atomic E-state index is 0.383. The van der Waals surface area contributed by atoms with Gasteiger partial charge in [-0.15, -0.1) is 12.6 Å². The number of nitrogens with two attached hydrogens (primary N) is 1. The van der Waals surface area contributed by atoms with Gasteiger partial charge >= 0.3 is 0 Å². The number of rotatable bonds is 3. The molecule has 0 aliphatic carbocycles. The van der Waals surface area contributed by atoms with E-state index in [0.29, 0.717) is 18.2 Å². The molecule has 0 spiro atoms. The number of aromatic nitrogens is 1. The molecular formula is C12H12N2OS. The van der Waals surface area contributed by atoms with E-state index in [-0.39, 0.29) is 0 Å². The normalized spacial score (nSPS) is 10.1. The molecular weight excluding hydrogens is 220 g/mol. The van der Waals surface area contributed by atoms with Gasteiger partial charge in [0.05, 0.1) is 0 Å². The average Bonchev–Trinajstić information content (AvgIpc) is 2.32. The predicted molar refractivity (Wildman–Crippen MR) is 66.7 cm³/mol. The van der Waals surface area contributed by atoms with E-state index in [1.807, 2.05) is 30.3 Å². The molecule has 0 atom stereocenters. The lowest BCUT2D eigenvalue weighted by atomic mass is 10.2. The quantitative estimate of drug-likeness (QED) is 0.799. The fourth-order valence-electron chi connectivity index (χ4n) is 1.30. The topological polar surface area (TPSA) is 48.1 Å². The summed E-state index contributed by atoms with van der Waals surface area (Å²) < 4.78 is 5.57. The van der Waals surface area contributed by atoms with Crippen molar-refractivity contribution in [2.24, 2.45) is 0 Å². The van der Waals surface area contributed by atoms with Gasteiger partial charge in [0.2, 0.25) is 0 Å². The Kier molecular flexibility index (Phi) is 3.31. The number of ether oxygens (including phenoxy) is 1. The predicted octanol–water partition coefficient (Wildman–Crippen LogP) is 2.53. The first-order valence-corrected chi connectivity index (χ1v) is 5.31. The van der Waals surface area contributed by atoms with Crippen LogP contribution in [-0.4, -0.2) is 4.98 Å². The lowest BCUT2D eigenvalue weighted by Crippen LogP contribution is -2.00. The van der Waals surface area contributed by atoms with Gasteiger partial charge < -0.3 is 10.5 Å². The van der Waals surface area contributed by atoms with Gasteiger partial charge in [-0.3, -0.25) is 0 Å². The maximum atomic E-state index is 5.68. The standard InChI is InChI=1S/C12H12N2OS/c13-12-11(6-10(16)7-14-12)15-8-9-4-2-1-3-5-9/h1-7,16H,8H2,(H2,13,14). The van der Waals surface area contributed by atoms with E-state index in [1.165, 1.54) is 0 Å². The first kappa shape index (κ1) is 10.8. The molecule has 0 fully saturated rings. The molecule has 0 aliphatic heterocycles. The van der Waals surface area contributed by atoms with Crippen LogP contribution in [0.3, 0.4) is 0 Å². The third-order valence-corrected chi connectivity index (χ3v) is 2.35. The Labute approximate surface area is 99.7 Å². The van der Waals surface area contributed by atoms with E-state index in [9.17, 15) is 0 Å². The Balaban J connectivity index is 2.08. The summed E-state index contributed by atoms with van der Waals surface area (Å²) in [5, 5.41) is 0. The molecule has 0 saturated carbocycles. The van der Waals surface area contributed by atoms with Crippen molar-refractivity contribution in [2.75, 3.05) is 5.73 Å². The molecule has 0 saturated heterocycles. The molecule has 1 aromatic heterocycles. The highest BCUT2D eigenvalue weighted by atomic mass is 32.1. The maximum absolute atomic E-state index is 5.68. The molecule has 2 rings (SSSR count). The zero-order valence-corrected chi connectivity index (χ0v) is 9.52. The molecule has 0 bridgehead atoms. The van der Waals surface area contributed by atoms with Crippen molar-refractivity contribution < 1.29 is 4.74 Å². The van der Waals surface area contributed by atoms with Crippen LogP contribution >= 0.6 is 12.6 Å². The lowest BCUT2D eigenvalue weighted by molar-refractivity contribution is 0.306. The number of benzene rings is 1. The number of hydrogen-bond donors (Lipinski definition) is 2. The van der Waals surface area contributed by atoms with Crippen LogP contribution in [0, 0.1) is 0 Å². The molecule has 4 heteroatoms. The van der Waals surface area contributed by atoms with Crippen LogP contribution in [0.25, 0.3) is 0 Å². The Morgan fingerprint density at radius 2 is 2.00 bits per heavy atom. The highest BCUT2D eigenvalue weighted by molar-refractivity contribution is 7.80. The molecule has 2 N–H and O–H groups in total. The summed E-state index contributed by atoms with van der Waals surface area (Å²) in [7, 11) is 0. The highest BCUT2D eigenvalue weighted by Crippen LogP contribution is 2.22. The molecule has 2 aromatic rings. The second kappa shape index (κ2) is 4.90. The molecule has 3 nitrogen and oxygen atoms in total. The molecule has 1 aromatic carbocycles. The second-order valence-corrected chi connectivity index (χ2v) is 3.87. The van der Waals surface area contributed by atoms with Gasteiger partial charge in [0.1, 0.15) is 6.61 Å². The first-order valence-electron chi connectivity index (χ1n) is 4.87. The number of anilines is 1. The van der Waals surface area contributed by atoms with Crippen LogP contribution < -0.4 is 10.5 Å². The first-order chi connectivity index (χ1) is 7.75. The number of pyridine rings is 1. The maximum Gasteiger partial charge on any atom is 0.166 e. The van der Waals surface area contributed by atoms with Crippen molar-refractivity contribution in [1.82, 2.24) is 4.98 Å². The van der Waals surface area contributed by atoms with Gasteiger partial charge in [0.15, 0.2) is 11.6 Å². The average molecular weight is 232 g/mol. The van der Waals surface area contributed by atoms with Crippen LogP contribution in [0.1, 0.15) is 5.56 Å².